The molecule has 3 aromatic heterocycles. The molecule has 0 aliphatic heterocycles. The SMILES string of the molecule is Cc1cccnc1CCNC(=O)c1coc(COc2ccc3ncccc3c2)n1. The third kappa shape index (κ3) is 4.57. The molecule has 0 radical (unpaired) electrons. The molecule has 4 rings (SSSR count). The number of benzene rings is 1. The van der Waals surface area contributed by atoms with Gasteiger partial charge < -0.3 is 14.5 Å². The first kappa shape index (κ1) is 18.6. The fraction of sp³-hybridized carbons (Fsp3) is 0.182. The number of aromatic nitrogens is 3. The summed E-state index contributed by atoms with van der Waals surface area (Å²) in [6, 6.07) is 13.4. The van der Waals surface area contributed by atoms with Crippen LogP contribution in [0.15, 0.2) is 65.5 Å². The van der Waals surface area contributed by atoms with Crippen molar-refractivity contribution < 1.29 is 13.9 Å². The number of oxazole rings is 1. The summed E-state index contributed by atoms with van der Waals surface area (Å²) in [5.74, 6) is 0.729. The van der Waals surface area contributed by atoms with Gasteiger partial charge in [-0.2, -0.15) is 0 Å². The lowest BCUT2D eigenvalue weighted by molar-refractivity contribution is 0.0949. The Morgan fingerprint density at radius 1 is 1.14 bits per heavy atom. The molecule has 4 aromatic rings. The summed E-state index contributed by atoms with van der Waals surface area (Å²) in [6.45, 7) is 2.60. The fourth-order valence-electron chi connectivity index (χ4n) is 2.94. The number of fused-ring (bicyclic) bond motifs is 1. The van der Waals surface area contributed by atoms with Crippen LogP contribution in [0, 0.1) is 6.92 Å². The number of aryl methyl sites for hydroxylation is 1. The highest BCUT2D eigenvalue weighted by molar-refractivity contribution is 5.91. The third-order valence-corrected chi connectivity index (χ3v) is 4.49. The van der Waals surface area contributed by atoms with E-state index in [0.717, 1.165) is 22.2 Å². The van der Waals surface area contributed by atoms with Gasteiger partial charge in [0, 0.05) is 36.4 Å². The molecule has 7 nitrogen and oxygen atoms in total. The summed E-state index contributed by atoms with van der Waals surface area (Å²) in [7, 11) is 0. The molecule has 1 amide bonds. The number of hydrogen-bond acceptors (Lipinski definition) is 6. The molecule has 0 bridgehead atoms. The molecule has 0 unspecified atom stereocenters. The van der Waals surface area contributed by atoms with Gasteiger partial charge in [-0.25, -0.2) is 4.98 Å². The maximum Gasteiger partial charge on any atom is 0.273 e. The average Bonchev–Trinajstić information content (AvgIpc) is 3.23. The number of ether oxygens (including phenoxy) is 1. The molecule has 0 atom stereocenters. The van der Waals surface area contributed by atoms with Crippen LogP contribution >= 0.6 is 0 Å². The molecule has 1 N–H and O–H groups in total. The molecule has 29 heavy (non-hydrogen) atoms. The monoisotopic (exact) mass is 388 g/mol. The van der Waals surface area contributed by atoms with Crippen molar-refractivity contribution in [3.8, 4) is 5.75 Å². The molecule has 1 aromatic carbocycles. The van der Waals surface area contributed by atoms with Crippen molar-refractivity contribution in [1.82, 2.24) is 20.3 Å². The van der Waals surface area contributed by atoms with E-state index < -0.39 is 0 Å². The van der Waals surface area contributed by atoms with Gasteiger partial charge in [-0.05, 0) is 42.8 Å². The first-order valence-electron chi connectivity index (χ1n) is 9.30. The van der Waals surface area contributed by atoms with Gasteiger partial charge in [0.2, 0.25) is 5.89 Å². The van der Waals surface area contributed by atoms with Gasteiger partial charge in [0.05, 0.1) is 5.52 Å². The first-order chi connectivity index (χ1) is 14.2. The Labute approximate surface area is 167 Å². The summed E-state index contributed by atoms with van der Waals surface area (Å²) in [5.41, 5.74) is 3.19. The van der Waals surface area contributed by atoms with E-state index in [0.29, 0.717) is 24.6 Å². The zero-order valence-electron chi connectivity index (χ0n) is 16.0. The van der Waals surface area contributed by atoms with Crippen LogP contribution in [0.5, 0.6) is 5.75 Å². The van der Waals surface area contributed by atoms with Crippen molar-refractivity contribution in [2.75, 3.05) is 6.54 Å². The van der Waals surface area contributed by atoms with Gasteiger partial charge in [0.15, 0.2) is 12.3 Å². The van der Waals surface area contributed by atoms with E-state index >= 15 is 0 Å². The molecule has 0 saturated heterocycles. The molecule has 0 fully saturated rings. The lowest BCUT2D eigenvalue weighted by atomic mass is 10.1. The van der Waals surface area contributed by atoms with Crippen molar-refractivity contribution in [1.29, 1.82) is 0 Å². The summed E-state index contributed by atoms with van der Waals surface area (Å²) >= 11 is 0. The molecule has 3 heterocycles. The normalized spacial score (nSPS) is 10.8. The fourth-order valence-corrected chi connectivity index (χ4v) is 2.94. The molecule has 0 aliphatic rings. The van der Waals surface area contributed by atoms with Crippen molar-refractivity contribution in [2.45, 2.75) is 20.0 Å². The van der Waals surface area contributed by atoms with E-state index in [1.165, 1.54) is 6.26 Å². The molecule has 0 saturated carbocycles. The largest absolute Gasteiger partial charge is 0.484 e. The summed E-state index contributed by atoms with van der Waals surface area (Å²) in [4.78, 5) is 25.0. The number of nitrogens with one attached hydrogen (secondary N) is 1. The van der Waals surface area contributed by atoms with Crippen molar-refractivity contribution in [3.05, 3.63) is 84.0 Å². The Balaban J connectivity index is 1.30. The van der Waals surface area contributed by atoms with Gasteiger partial charge in [-0.15, -0.1) is 0 Å². The van der Waals surface area contributed by atoms with Crippen molar-refractivity contribution in [3.63, 3.8) is 0 Å². The van der Waals surface area contributed by atoms with Gasteiger partial charge in [-0.1, -0.05) is 12.1 Å². The minimum absolute atomic E-state index is 0.131. The van der Waals surface area contributed by atoms with Gasteiger partial charge in [-0.3, -0.25) is 14.8 Å². The van der Waals surface area contributed by atoms with Crippen LogP contribution in [-0.4, -0.2) is 27.4 Å². The Morgan fingerprint density at radius 3 is 2.90 bits per heavy atom. The van der Waals surface area contributed by atoms with Crippen LogP contribution in [0.1, 0.15) is 27.6 Å². The molecular formula is C22H20N4O3. The average molecular weight is 388 g/mol. The summed E-state index contributed by atoms with van der Waals surface area (Å²) in [5, 5.41) is 3.82. The van der Waals surface area contributed by atoms with Gasteiger partial charge in [0.1, 0.15) is 12.0 Å². The first-order valence-corrected chi connectivity index (χ1v) is 9.30. The third-order valence-electron chi connectivity index (χ3n) is 4.49. The van der Waals surface area contributed by atoms with Crippen LogP contribution in [-0.2, 0) is 13.0 Å². The van der Waals surface area contributed by atoms with Crippen LogP contribution in [0.3, 0.4) is 0 Å². The lowest BCUT2D eigenvalue weighted by Crippen LogP contribution is -2.26. The highest BCUT2D eigenvalue weighted by Crippen LogP contribution is 2.20. The second-order valence-corrected chi connectivity index (χ2v) is 6.55. The highest BCUT2D eigenvalue weighted by Gasteiger charge is 2.13. The van der Waals surface area contributed by atoms with Crippen molar-refractivity contribution >= 4 is 16.8 Å². The highest BCUT2D eigenvalue weighted by atomic mass is 16.5. The van der Waals surface area contributed by atoms with E-state index in [9.17, 15) is 4.79 Å². The Kier molecular flexibility index (Phi) is 5.47. The van der Waals surface area contributed by atoms with E-state index in [2.05, 4.69) is 20.3 Å². The van der Waals surface area contributed by atoms with Gasteiger partial charge in [0.25, 0.3) is 5.91 Å². The molecule has 7 heteroatoms. The quantitative estimate of drug-likeness (QED) is 0.521. The standard InChI is InChI=1S/C22H20N4O3/c1-15-4-2-9-23-18(15)8-11-25-22(27)20-13-29-21(26-20)14-28-17-6-7-19-16(12-17)5-3-10-24-19/h2-7,9-10,12-13H,8,11,14H2,1H3,(H,25,27). The zero-order valence-corrected chi connectivity index (χ0v) is 16.0. The number of pyridine rings is 2. The topological polar surface area (TPSA) is 90.1 Å². The Bertz CT molecular complexity index is 1140. The predicted molar refractivity (Wildman–Crippen MR) is 108 cm³/mol. The second-order valence-electron chi connectivity index (χ2n) is 6.55. The summed E-state index contributed by atoms with van der Waals surface area (Å²) < 4.78 is 11.1. The van der Waals surface area contributed by atoms with Crippen molar-refractivity contribution in [2.24, 2.45) is 0 Å². The van der Waals surface area contributed by atoms with Gasteiger partial charge >= 0.3 is 0 Å². The molecule has 146 valence electrons. The van der Waals surface area contributed by atoms with E-state index in [4.69, 9.17) is 9.15 Å². The smallest absolute Gasteiger partial charge is 0.273 e. The minimum Gasteiger partial charge on any atom is -0.484 e. The minimum atomic E-state index is -0.287. The van der Waals surface area contributed by atoms with Crippen LogP contribution < -0.4 is 10.1 Å². The number of hydrogen-bond donors (Lipinski definition) is 1. The number of nitrogens with zero attached hydrogens (tertiary/aromatic N) is 3. The number of carbonyl (C=O) groups excluding carboxylic acids is 1. The molecule has 0 spiro atoms. The Hall–Kier alpha value is -3.74. The lowest BCUT2D eigenvalue weighted by Gasteiger charge is -2.05. The summed E-state index contributed by atoms with van der Waals surface area (Å²) in [6.07, 6.45) is 5.49. The van der Waals surface area contributed by atoms with Crippen LogP contribution in [0.25, 0.3) is 10.9 Å². The molecule has 0 aliphatic carbocycles. The maximum absolute atomic E-state index is 12.3. The number of carbonyl (C=O) groups is 1. The molecular weight excluding hydrogens is 368 g/mol. The predicted octanol–water partition coefficient (Wildman–Crippen LogP) is 3.48. The van der Waals surface area contributed by atoms with E-state index in [1.54, 1.807) is 12.4 Å². The van der Waals surface area contributed by atoms with Crippen LogP contribution in [0.4, 0.5) is 0 Å². The number of amides is 1. The zero-order chi connectivity index (χ0) is 20.1. The number of rotatable bonds is 7. The van der Waals surface area contributed by atoms with E-state index in [1.807, 2.05) is 49.4 Å². The Morgan fingerprint density at radius 2 is 2.00 bits per heavy atom. The van der Waals surface area contributed by atoms with Crippen LogP contribution in [0.2, 0.25) is 0 Å². The van der Waals surface area contributed by atoms with E-state index in [-0.39, 0.29) is 18.2 Å². The second kappa shape index (κ2) is 8.52. The maximum atomic E-state index is 12.3.